The van der Waals surface area contributed by atoms with E-state index in [9.17, 15) is 9.50 Å². The summed E-state index contributed by atoms with van der Waals surface area (Å²) in [6.07, 6.45) is 5.20. The molecule has 0 amide bonds. The summed E-state index contributed by atoms with van der Waals surface area (Å²) in [5.74, 6) is -1.14. The molecule has 5 atom stereocenters. The van der Waals surface area contributed by atoms with Crippen LogP contribution in [0.25, 0.3) is 32.8 Å². The molecular formula is C36H36F3N5O3. The van der Waals surface area contributed by atoms with Gasteiger partial charge in [0.1, 0.15) is 36.5 Å². The highest BCUT2D eigenvalue weighted by Gasteiger charge is 2.50. The summed E-state index contributed by atoms with van der Waals surface area (Å²) >= 11 is 0. The van der Waals surface area contributed by atoms with Crippen LogP contribution in [0.5, 0.6) is 17.5 Å². The fraction of sp³-hybridized carbons (Fsp3) is 0.500. The largest absolute Gasteiger partial charge is 0.508 e. The van der Waals surface area contributed by atoms with E-state index in [0.29, 0.717) is 36.6 Å². The molecule has 10 rings (SSSR count). The Morgan fingerprint density at radius 3 is 2.83 bits per heavy atom. The Bertz CT molecular complexity index is 1970. The number of fused-ring (bicyclic) bond motifs is 7. The third-order valence-corrected chi connectivity index (χ3v) is 11.7. The average Bonchev–Trinajstić information content (AvgIpc) is 3.67. The Labute approximate surface area is 269 Å². The second-order valence-electron chi connectivity index (χ2n) is 14.5. The molecule has 6 heterocycles. The Kier molecular flexibility index (Phi) is 6.05. The molecule has 6 aliphatic rings. The van der Waals surface area contributed by atoms with Crippen LogP contribution >= 0.6 is 0 Å². The summed E-state index contributed by atoms with van der Waals surface area (Å²) in [5, 5.41) is 16.1. The van der Waals surface area contributed by atoms with Crippen molar-refractivity contribution in [3.63, 3.8) is 0 Å². The van der Waals surface area contributed by atoms with Crippen LogP contribution in [0.15, 0.2) is 30.3 Å². The molecule has 2 N–H and O–H groups in total. The summed E-state index contributed by atoms with van der Waals surface area (Å²) in [6, 6.07) is 9.05. The molecule has 2 bridgehead atoms. The highest BCUT2D eigenvalue weighted by molar-refractivity contribution is 6.05. The Hall–Kier alpha value is -3.83. The van der Waals surface area contributed by atoms with E-state index in [0.717, 1.165) is 56.0 Å². The number of ether oxygens (including phenoxy) is 2. The number of alkyl halides is 1. The van der Waals surface area contributed by atoms with E-state index in [2.05, 4.69) is 20.1 Å². The highest BCUT2D eigenvalue weighted by Crippen LogP contribution is 2.51. The molecule has 1 aliphatic carbocycles. The normalized spacial score (nSPS) is 29.6. The standard InChI is InChI=1S/C36H36F3N5O3/c37-20-13-36(9-2-10-43(36)14-20)17-47-35-41-32-29-33(46-16-26-25-8-7-21(40-25)15-44(26)34(29)42-35)31(39)28(30(32)38)24-12-22(45)11-19-3-1-4-23(27(19)24)18-5-6-18/h1,3-4,11-12,18,20-21,25-26,40,45H,2,5-10,13-17H2/t20-,21?,25?,26+,36+/m1/s1. The number of aromatic hydroxyl groups is 1. The van der Waals surface area contributed by atoms with Gasteiger partial charge in [0.05, 0.1) is 22.5 Å². The van der Waals surface area contributed by atoms with Gasteiger partial charge in [-0.05, 0) is 85.0 Å². The van der Waals surface area contributed by atoms with Gasteiger partial charge < -0.3 is 24.8 Å². The first-order chi connectivity index (χ1) is 22.9. The lowest BCUT2D eigenvalue weighted by Crippen LogP contribution is -2.60. The van der Waals surface area contributed by atoms with E-state index in [1.165, 1.54) is 6.07 Å². The Balaban J connectivity index is 1.19. The summed E-state index contributed by atoms with van der Waals surface area (Å²) in [6.45, 7) is 2.20. The fourth-order valence-electron chi connectivity index (χ4n) is 9.41. The maximum atomic E-state index is 17.2. The molecule has 47 heavy (non-hydrogen) atoms. The molecule has 1 aromatic heterocycles. The number of phenols is 1. The quantitative estimate of drug-likeness (QED) is 0.276. The number of benzene rings is 3. The van der Waals surface area contributed by atoms with Gasteiger partial charge >= 0.3 is 6.01 Å². The second kappa shape index (κ2) is 10.1. The van der Waals surface area contributed by atoms with Crippen LogP contribution < -0.4 is 19.7 Å². The topological polar surface area (TPSA) is 83.0 Å². The first kappa shape index (κ1) is 28.2. The van der Waals surface area contributed by atoms with Crippen molar-refractivity contribution in [3.05, 3.63) is 47.5 Å². The van der Waals surface area contributed by atoms with Gasteiger partial charge in [0, 0.05) is 31.6 Å². The molecule has 5 fully saturated rings. The predicted molar refractivity (Wildman–Crippen MR) is 171 cm³/mol. The van der Waals surface area contributed by atoms with Crippen molar-refractivity contribution in [2.75, 3.05) is 37.7 Å². The lowest BCUT2D eigenvalue weighted by molar-refractivity contribution is 0.107. The van der Waals surface area contributed by atoms with Gasteiger partial charge in [-0.25, -0.2) is 13.2 Å². The van der Waals surface area contributed by atoms with Crippen molar-refractivity contribution in [2.45, 2.75) is 80.7 Å². The number of piperazine rings is 1. The van der Waals surface area contributed by atoms with E-state index < -0.39 is 23.3 Å². The van der Waals surface area contributed by atoms with Crippen LogP contribution in [0.3, 0.4) is 0 Å². The van der Waals surface area contributed by atoms with Crippen LogP contribution in [0.4, 0.5) is 19.0 Å². The molecule has 4 saturated heterocycles. The monoisotopic (exact) mass is 643 g/mol. The van der Waals surface area contributed by atoms with Crippen molar-refractivity contribution in [2.24, 2.45) is 0 Å². The van der Waals surface area contributed by atoms with Crippen molar-refractivity contribution in [1.29, 1.82) is 0 Å². The molecule has 0 spiro atoms. The first-order valence-electron chi connectivity index (χ1n) is 17.0. The van der Waals surface area contributed by atoms with Gasteiger partial charge in [-0.1, -0.05) is 18.2 Å². The number of nitrogens with one attached hydrogen (secondary N) is 1. The van der Waals surface area contributed by atoms with Crippen molar-refractivity contribution in [1.82, 2.24) is 20.2 Å². The molecule has 1 saturated carbocycles. The smallest absolute Gasteiger partial charge is 0.319 e. The van der Waals surface area contributed by atoms with Gasteiger partial charge in [-0.3, -0.25) is 4.90 Å². The van der Waals surface area contributed by atoms with Crippen LogP contribution in [-0.4, -0.2) is 82.7 Å². The highest BCUT2D eigenvalue weighted by atomic mass is 19.1. The third-order valence-electron chi connectivity index (χ3n) is 11.7. The number of hydrogen-bond acceptors (Lipinski definition) is 8. The maximum absolute atomic E-state index is 17.2. The van der Waals surface area contributed by atoms with Crippen LogP contribution in [0.2, 0.25) is 0 Å². The minimum absolute atomic E-state index is 0.00981. The summed E-state index contributed by atoms with van der Waals surface area (Å²) in [4.78, 5) is 13.8. The zero-order chi connectivity index (χ0) is 31.6. The minimum atomic E-state index is -0.918. The molecule has 244 valence electrons. The number of anilines is 1. The van der Waals surface area contributed by atoms with Crippen LogP contribution in [-0.2, 0) is 0 Å². The lowest BCUT2D eigenvalue weighted by atomic mass is 9.91. The Morgan fingerprint density at radius 1 is 1.06 bits per heavy atom. The van der Waals surface area contributed by atoms with E-state index in [-0.39, 0.29) is 70.9 Å². The lowest BCUT2D eigenvalue weighted by Gasteiger charge is -2.40. The Morgan fingerprint density at radius 2 is 1.96 bits per heavy atom. The van der Waals surface area contributed by atoms with Gasteiger partial charge in [0.2, 0.25) is 0 Å². The molecule has 4 aromatic rings. The zero-order valence-electron chi connectivity index (χ0n) is 25.9. The number of rotatable bonds is 5. The van der Waals surface area contributed by atoms with E-state index in [4.69, 9.17) is 14.5 Å². The average molecular weight is 644 g/mol. The third kappa shape index (κ3) is 4.21. The van der Waals surface area contributed by atoms with Crippen molar-refractivity contribution >= 4 is 27.5 Å². The molecule has 8 nitrogen and oxygen atoms in total. The van der Waals surface area contributed by atoms with Gasteiger partial charge in [0.25, 0.3) is 0 Å². The summed E-state index contributed by atoms with van der Waals surface area (Å²) in [5.41, 5.74) is 0.471. The number of hydrogen-bond donors (Lipinski definition) is 2. The van der Waals surface area contributed by atoms with Crippen molar-refractivity contribution < 1.29 is 27.8 Å². The van der Waals surface area contributed by atoms with Gasteiger partial charge in [0.15, 0.2) is 17.4 Å². The van der Waals surface area contributed by atoms with E-state index in [1.54, 1.807) is 6.07 Å². The molecule has 3 aromatic carbocycles. The van der Waals surface area contributed by atoms with Gasteiger partial charge in [-0.15, -0.1) is 0 Å². The first-order valence-corrected chi connectivity index (χ1v) is 17.0. The molecule has 0 radical (unpaired) electrons. The molecule has 11 heteroatoms. The molecule has 2 unspecified atom stereocenters. The van der Waals surface area contributed by atoms with E-state index in [1.807, 2.05) is 18.2 Å². The number of nitrogens with zero attached hydrogens (tertiary/aromatic N) is 4. The SMILES string of the molecule is Oc1cc(-c2c(F)c3c4c(nc(OC[C@@]56CCCN5C[C@H](F)C6)nc4c2F)N2CC4CCC(N4)[C@@H]2CO3)c2c(C3CC3)cccc2c1. The summed E-state index contributed by atoms with van der Waals surface area (Å²) in [7, 11) is 0. The number of halogens is 3. The summed E-state index contributed by atoms with van der Waals surface area (Å²) < 4.78 is 61.5. The fourth-order valence-corrected chi connectivity index (χ4v) is 9.41. The number of phenolic OH excluding ortho intramolecular Hbond substituents is 1. The maximum Gasteiger partial charge on any atom is 0.319 e. The van der Waals surface area contributed by atoms with E-state index >= 15 is 8.78 Å². The number of aromatic nitrogens is 2. The van der Waals surface area contributed by atoms with Crippen molar-refractivity contribution in [3.8, 4) is 28.6 Å². The zero-order valence-corrected chi connectivity index (χ0v) is 25.9. The predicted octanol–water partition coefficient (Wildman–Crippen LogP) is 5.97. The van der Waals surface area contributed by atoms with Crippen LogP contribution in [0.1, 0.15) is 56.4 Å². The molecular weight excluding hydrogens is 607 g/mol. The minimum Gasteiger partial charge on any atom is -0.508 e. The second-order valence-corrected chi connectivity index (χ2v) is 14.5. The molecule has 5 aliphatic heterocycles. The van der Waals surface area contributed by atoms with Crippen LogP contribution in [0, 0.1) is 11.6 Å². The van der Waals surface area contributed by atoms with Gasteiger partial charge in [-0.2, -0.15) is 9.97 Å².